The summed E-state index contributed by atoms with van der Waals surface area (Å²) in [6.45, 7) is 2.99. The van der Waals surface area contributed by atoms with Crippen LogP contribution in [-0.2, 0) is 0 Å². The van der Waals surface area contributed by atoms with Crippen LogP contribution in [0.3, 0.4) is 0 Å². The number of unbranched alkanes of at least 4 members (excludes halogenated alkanes) is 1. The highest BCUT2D eigenvalue weighted by Gasteiger charge is 2.32. The van der Waals surface area contributed by atoms with E-state index in [2.05, 4.69) is 21.8 Å². The minimum Gasteiger partial charge on any atom is -0.476 e. The van der Waals surface area contributed by atoms with Crippen LogP contribution in [0.2, 0.25) is 0 Å². The molecule has 0 aromatic carbocycles. The molecule has 1 aliphatic carbocycles. The third kappa shape index (κ3) is 2.72. The van der Waals surface area contributed by atoms with Crippen LogP contribution in [0.15, 0.2) is 12.4 Å². The number of anilines is 1. The molecule has 92 valence electrons. The molecule has 1 aromatic rings. The van der Waals surface area contributed by atoms with Gasteiger partial charge in [0.05, 0.1) is 0 Å². The van der Waals surface area contributed by atoms with Crippen LogP contribution in [0.25, 0.3) is 0 Å². The smallest absolute Gasteiger partial charge is 0.358 e. The minimum absolute atomic E-state index is 0.0653. The van der Waals surface area contributed by atoms with Crippen LogP contribution in [0.4, 0.5) is 5.82 Å². The van der Waals surface area contributed by atoms with Gasteiger partial charge in [0.1, 0.15) is 0 Å². The van der Waals surface area contributed by atoms with Crippen LogP contribution in [-0.4, -0.2) is 33.6 Å². The lowest BCUT2D eigenvalue weighted by Gasteiger charge is -2.23. The number of aromatic nitrogens is 2. The predicted molar refractivity (Wildman–Crippen MR) is 64.3 cm³/mol. The molecule has 1 aliphatic rings. The van der Waals surface area contributed by atoms with Gasteiger partial charge in [-0.3, -0.25) is 0 Å². The second-order valence-electron chi connectivity index (χ2n) is 4.31. The fourth-order valence-corrected chi connectivity index (χ4v) is 1.87. The molecule has 2 rings (SSSR count). The first-order valence-corrected chi connectivity index (χ1v) is 6.05. The lowest BCUT2D eigenvalue weighted by atomic mass is 10.3. The molecular formula is C12H17N3O2. The maximum absolute atomic E-state index is 11.1. The lowest BCUT2D eigenvalue weighted by molar-refractivity contribution is 0.0690. The molecule has 1 saturated carbocycles. The van der Waals surface area contributed by atoms with Crippen molar-refractivity contribution in [1.82, 2.24) is 9.97 Å². The second kappa shape index (κ2) is 5.12. The number of carboxylic acid groups (broad SMARTS) is 1. The van der Waals surface area contributed by atoms with Gasteiger partial charge in [0.25, 0.3) is 0 Å². The molecule has 0 radical (unpaired) electrons. The Labute approximate surface area is 100 Å². The number of rotatable bonds is 6. The normalized spacial score (nSPS) is 14.6. The summed E-state index contributed by atoms with van der Waals surface area (Å²) in [4.78, 5) is 21.3. The monoisotopic (exact) mass is 235 g/mol. The lowest BCUT2D eigenvalue weighted by Crippen LogP contribution is -2.30. The van der Waals surface area contributed by atoms with Crippen molar-refractivity contribution < 1.29 is 9.90 Å². The van der Waals surface area contributed by atoms with Gasteiger partial charge in [-0.15, -0.1) is 0 Å². The van der Waals surface area contributed by atoms with Gasteiger partial charge in [-0.2, -0.15) is 0 Å². The number of aromatic carboxylic acids is 1. The molecule has 0 spiro atoms. The van der Waals surface area contributed by atoms with E-state index >= 15 is 0 Å². The van der Waals surface area contributed by atoms with Gasteiger partial charge >= 0.3 is 5.97 Å². The van der Waals surface area contributed by atoms with Crippen LogP contribution >= 0.6 is 0 Å². The number of carbonyl (C=O) groups is 1. The van der Waals surface area contributed by atoms with Gasteiger partial charge in [-0.05, 0) is 19.3 Å². The molecule has 0 unspecified atom stereocenters. The third-order valence-corrected chi connectivity index (χ3v) is 2.89. The van der Waals surface area contributed by atoms with E-state index in [0.29, 0.717) is 11.9 Å². The Bertz CT molecular complexity index is 404. The van der Waals surface area contributed by atoms with E-state index < -0.39 is 5.97 Å². The summed E-state index contributed by atoms with van der Waals surface area (Å²) in [6.07, 6.45) is 7.37. The van der Waals surface area contributed by atoms with E-state index in [1.807, 2.05) is 0 Å². The van der Waals surface area contributed by atoms with Crippen molar-refractivity contribution in [1.29, 1.82) is 0 Å². The molecule has 0 aliphatic heterocycles. The first kappa shape index (κ1) is 11.8. The van der Waals surface area contributed by atoms with Gasteiger partial charge in [0.2, 0.25) is 0 Å². The van der Waals surface area contributed by atoms with Crippen molar-refractivity contribution in [3.05, 3.63) is 18.1 Å². The fraction of sp³-hybridized carbons (Fsp3) is 0.583. The zero-order valence-electron chi connectivity index (χ0n) is 9.96. The van der Waals surface area contributed by atoms with E-state index in [-0.39, 0.29) is 5.69 Å². The van der Waals surface area contributed by atoms with Gasteiger partial charge in [0, 0.05) is 25.0 Å². The van der Waals surface area contributed by atoms with Gasteiger partial charge < -0.3 is 10.0 Å². The van der Waals surface area contributed by atoms with Gasteiger partial charge in [-0.25, -0.2) is 14.8 Å². The highest BCUT2D eigenvalue weighted by atomic mass is 16.4. The molecule has 0 atom stereocenters. The molecule has 1 N–H and O–H groups in total. The Morgan fingerprint density at radius 3 is 2.76 bits per heavy atom. The van der Waals surface area contributed by atoms with E-state index in [1.54, 1.807) is 6.20 Å². The highest BCUT2D eigenvalue weighted by Crippen LogP contribution is 2.31. The molecule has 1 heterocycles. The molecule has 5 nitrogen and oxygen atoms in total. The van der Waals surface area contributed by atoms with Crippen LogP contribution < -0.4 is 4.90 Å². The number of hydrogen-bond donors (Lipinski definition) is 1. The Hall–Kier alpha value is -1.65. The summed E-state index contributed by atoms with van der Waals surface area (Å²) >= 11 is 0. The average molecular weight is 235 g/mol. The minimum atomic E-state index is -1.00. The van der Waals surface area contributed by atoms with Crippen molar-refractivity contribution in [2.24, 2.45) is 0 Å². The standard InChI is InChI=1S/C12H17N3O2/c1-2-3-8-15(9-4-5-9)11-10(12(16)17)13-6-7-14-11/h6-7,9H,2-5,8H2,1H3,(H,16,17). The summed E-state index contributed by atoms with van der Waals surface area (Å²) in [5, 5.41) is 9.11. The molecule has 17 heavy (non-hydrogen) atoms. The Kier molecular flexibility index (Phi) is 3.56. The molecule has 0 amide bonds. The number of nitrogens with zero attached hydrogens (tertiary/aromatic N) is 3. The fourth-order valence-electron chi connectivity index (χ4n) is 1.87. The van der Waals surface area contributed by atoms with Crippen molar-refractivity contribution in [2.75, 3.05) is 11.4 Å². The maximum atomic E-state index is 11.1. The van der Waals surface area contributed by atoms with Crippen LogP contribution in [0, 0.1) is 0 Å². The first-order chi connectivity index (χ1) is 8.24. The summed E-state index contributed by atoms with van der Waals surface area (Å²) in [5.74, 6) is -0.480. The molecular weight excluding hydrogens is 218 g/mol. The molecule has 1 aromatic heterocycles. The summed E-state index contributed by atoms with van der Waals surface area (Å²) in [5.41, 5.74) is 0.0653. The zero-order valence-corrected chi connectivity index (χ0v) is 9.96. The van der Waals surface area contributed by atoms with E-state index in [0.717, 1.165) is 32.2 Å². The summed E-state index contributed by atoms with van der Waals surface area (Å²) in [7, 11) is 0. The van der Waals surface area contributed by atoms with Crippen molar-refractivity contribution in [3.8, 4) is 0 Å². The van der Waals surface area contributed by atoms with Gasteiger partial charge in [0.15, 0.2) is 11.5 Å². The topological polar surface area (TPSA) is 66.3 Å². The summed E-state index contributed by atoms with van der Waals surface area (Å²) in [6, 6.07) is 0.455. The Morgan fingerprint density at radius 1 is 1.47 bits per heavy atom. The van der Waals surface area contributed by atoms with Crippen LogP contribution in [0.1, 0.15) is 43.1 Å². The van der Waals surface area contributed by atoms with E-state index in [9.17, 15) is 4.79 Å². The van der Waals surface area contributed by atoms with Gasteiger partial charge in [-0.1, -0.05) is 13.3 Å². The molecule has 5 heteroatoms. The van der Waals surface area contributed by atoms with E-state index in [4.69, 9.17) is 5.11 Å². The quantitative estimate of drug-likeness (QED) is 0.816. The maximum Gasteiger partial charge on any atom is 0.358 e. The number of hydrogen-bond acceptors (Lipinski definition) is 4. The number of carboxylic acids is 1. The van der Waals surface area contributed by atoms with Crippen LogP contribution in [0.5, 0.6) is 0 Å². The third-order valence-electron chi connectivity index (χ3n) is 2.89. The average Bonchev–Trinajstić information content (AvgIpc) is 3.14. The Morgan fingerprint density at radius 2 is 2.18 bits per heavy atom. The Balaban J connectivity index is 2.25. The summed E-state index contributed by atoms with van der Waals surface area (Å²) < 4.78 is 0. The van der Waals surface area contributed by atoms with Crippen molar-refractivity contribution in [2.45, 2.75) is 38.6 Å². The molecule has 0 bridgehead atoms. The first-order valence-electron chi connectivity index (χ1n) is 6.05. The van der Waals surface area contributed by atoms with Crippen molar-refractivity contribution in [3.63, 3.8) is 0 Å². The van der Waals surface area contributed by atoms with E-state index in [1.165, 1.54) is 6.20 Å². The highest BCUT2D eigenvalue weighted by molar-refractivity contribution is 5.91. The molecule has 1 fully saturated rings. The van der Waals surface area contributed by atoms with Crippen molar-refractivity contribution >= 4 is 11.8 Å². The SMILES string of the molecule is CCCCN(c1nccnc1C(=O)O)C1CC1. The largest absolute Gasteiger partial charge is 0.476 e. The zero-order chi connectivity index (χ0) is 12.3. The molecule has 0 saturated heterocycles. The second-order valence-corrected chi connectivity index (χ2v) is 4.31. The predicted octanol–water partition coefficient (Wildman–Crippen LogP) is 1.94.